The third-order valence-corrected chi connectivity index (χ3v) is 4.93. The fourth-order valence-electron chi connectivity index (χ4n) is 2.44. The number of rotatable bonds is 4. The molecule has 1 aromatic carbocycles. The van der Waals surface area contributed by atoms with Gasteiger partial charge in [0.15, 0.2) is 0 Å². The number of thiol groups is 1. The predicted molar refractivity (Wildman–Crippen MR) is 84.0 cm³/mol. The van der Waals surface area contributed by atoms with Gasteiger partial charge in [-0.1, -0.05) is 25.3 Å². The van der Waals surface area contributed by atoms with E-state index in [-0.39, 0.29) is 0 Å². The molecule has 0 spiro atoms. The molecule has 0 bridgehead atoms. The molecule has 1 fully saturated rings. The molecule has 94 valence electrons. The Labute approximate surface area is 123 Å². The zero-order chi connectivity index (χ0) is 12.1. The summed E-state index contributed by atoms with van der Waals surface area (Å²) in [7, 11) is 0. The molecule has 0 unspecified atom stereocenters. The van der Waals surface area contributed by atoms with Gasteiger partial charge in [0, 0.05) is 8.99 Å². The van der Waals surface area contributed by atoms with E-state index in [9.17, 15) is 0 Å². The van der Waals surface area contributed by atoms with Gasteiger partial charge in [0.05, 0.1) is 6.61 Å². The molecule has 0 radical (unpaired) electrons. The van der Waals surface area contributed by atoms with Crippen molar-refractivity contribution in [2.75, 3.05) is 12.4 Å². The topological polar surface area (TPSA) is 9.23 Å². The fraction of sp³-hybridized carbons (Fsp3) is 0.571. The molecule has 1 aliphatic rings. The number of hydrogen-bond acceptors (Lipinski definition) is 2. The molecular weight excluding hydrogens is 343 g/mol. The molecule has 0 N–H and O–H groups in total. The van der Waals surface area contributed by atoms with Crippen LogP contribution in [0.3, 0.4) is 0 Å². The van der Waals surface area contributed by atoms with Crippen molar-refractivity contribution in [3.63, 3.8) is 0 Å². The Hall–Kier alpha value is 0.100. The molecule has 1 aliphatic carbocycles. The SMILES string of the molecule is SCC1(COc2cccc(I)c2)CCCCC1. The maximum absolute atomic E-state index is 5.97. The average Bonchev–Trinajstić information content (AvgIpc) is 2.38. The van der Waals surface area contributed by atoms with Crippen LogP contribution < -0.4 is 4.74 Å². The van der Waals surface area contributed by atoms with Crippen molar-refractivity contribution in [3.8, 4) is 5.75 Å². The number of hydrogen-bond donors (Lipinski definition) is 1. The maximum Gasteiger partial charge on any atom is 0.120 e. The van der Waals surface area contributed by atoms with Crippen molar-refractivity contribution in [1.82, 2.24) is 0 Å². The van der Waals surface area contributed by atoms with Crippen molar-refractivity contribution in [2.45, 2.75) is 32.1 Å². The van der Waals surface area contributed by atoms with E-state index in [1.807, 2.05) is 12.1 Å². The average molecular weight is 362 g/mol. The minimum absolute atomic E-state index is 0.308. The molecule has 2 rings (SSSR count). The molecular formula is C14H19IOS. The maximum atomic E-state index is 5.97. The summed E-state index contributed by atoms with van der Waals surface area (Å²) in [5, 5.41) is 0. The summed E-state index contributed by atoms with van der Waals surface area (Å²) in [4.78, 5) is 0. The molecule has 3 heteroatoms. The highest BCUT2D eigenvalue weighted by atomic mass is 127. The van der Waals surface area contributed by atoms with Crippen LogP contribution in [-0.2, 0) is 0 Å². The fourth-order valence-corrected chi connectivity index (χ4v) is 3.37. The Kier molecular flexibility index (Phi) is 5.03. The first-order chi connectivity index (χ1) is 8.24. The van der Waals surface area contributed by atoms with Crippen LogP contribution in [0.25, 0.3) is 0 Å². The zero-order valence-electron chi connectivity index (χ0n) is 9.99. The molecule has 0 amide bonds. The van der Waals surface area contributed by atoms with Crippen molar-refractivity contribution < 1.29 is 4.74 Å². The molecule has 0 atom stereocenters. The molecule has 0 heterocycles. The first-order valence-corrected chi connectivity index (χ1v) is 7.94. The van der Waals surface area contributed by atoms with Crippen LogP contribution in [0, 0.1) is 8.99 Å². The van der Waals surface area contributed by atoms with Gasteiger partial charge in [-0.2, -0.15) is 12.6 Å². The summed E-state index contributed by atoms with van der Waals surface area (Å²) in [5.41, 5.74) is 0.308. The highest BCUT2D eigenvalue weighted by Gasteiger charge is 2.31. The minimum Gasteiger partial charge on any atom is -0.493 e. The molecule has 1 nitrogen and oxygen atoms in total. The van der Waals surface area contributed by atoms with E-state index in [4.69, 9.17) is 4.74 Å². The third-order valence-electron chi connectivity index (χ3n) is 3.59. The summed E-state index contributed by atoms with van der Waals surface area (Å²) < 4.78 is 7.19. The summed E-state index contributed by atoms with van der Waals surface area (Å²) in [5.74, 6) is 1.93. The Bertz CT molecular complexity index is 361. The summed E-state index contributed by atoms with van der Waals surface area (Å²) in [6.07, 6.45) is 6.56. The lowest BCUT2D eigenvalue weighted by molar-refractivity contribution is 0.121. The van der Waals surface area contributed by atoms with Gasteiger partial charge < -0.3 is 4.74 Å². The van der Waals surface area contributed by atoms with E-state index < -0.39 is 0 Å². The Morgan fingerprint density at radius 1 is 1.24 bits per heavy atom. The number of halogens is 1. The molecule has 17 heavy (non-hydrogen) atoms. The van der Waals surface area contributed by atoms with Crippen LogP contribution in [0.2, 0.25) is 0 Å². The van der Waals surface area contributed by atoms with Crippen molar-refractivity contribution >= 4 is 35.2 Å². The number of ether oxygens (including phenoxy) is 1. The van der Waals surface area contributed by atoms with Gasteiger partial charge in [0.1, 0.15) is 5.75 Å². The second-order valence-corrected chi connectivity index (χ2v) is 6.53. The molecule has 0 saturated heterocycles. The smallest absolute Gasteiger partial charge is 0.120 e. The lowest BCUT2D eigenvalue weighted by Gasteiger charge is -2.35. The summed E-state index contributed by atoms with van der Waals surface area (Å²) in [6.45, 7) is 0.816. The van der Waals surface area contributed by atoms with Crippen molar-refractivity contribution in [3.05, 3.63) is 27.8 Å². The minimum atomic E-state index is 0.308. The van der Waals surface area contributed by atoms with Gasteiger partial charge in [-0.05, 0) is 59.4 Å². The summed E-state index contributed by atoms with van der Waals surface area (Å²) in [6, 6.07) is 8.26. The summed E-state index contributed by atoms with van der Waals surface area (Å²) >= 11 is 6.85. The van der Waals surface area contributed by atoms with Gasteiger partial charge in [0.2, 0.25) is 0 Å². The number of benzene rings is 1. The Morgan fingerprint density at radius 2 is 2.00 bits per heavy atom. The highest BCUT2D eigenvalue weighted by molar-refractivity contribution is 14.1. The van der Waals surface area contributed by atoms with Crippen LogP contribution in [0.4, 0.5) is 0 Å². The van der Waals surface area contributed by atoms with Gasteiger partial charge in [0.25, 0.3) is 0 Å². The van der Waals surface area contributed by atoms with E-state index in [1.165, 1.54) is 35.7 Å². The van der Waals surface area contributed by atoms with Crippen LogP contribution in [0.5, 0.6) is 5.75 Å². The van der Waals surface area contributed by atoms with Gasteiger partial charge in [-0.3, -0.25) is 0 Å². The normalized spacial score (nSPS) is 18.9. The van der Waals surface area contributed by atoms with Gasteiger partial charge in [-0.15, -0.1) is 0 Å². The van der Waals surface area contributed by atoms with Crippen LogP contribution in [0.1, 0.15) is 32.1 Å². The molecule has 0 aromatic heterocycles. The highest BCUT2D eigenvalue weighted by Crippen LogP contribution is 2.37. The van der Waals surface area contributed by atoms with Crippen LogP contribution >= 0.6 is 35.2 Å². The monoisotopic (exact) mass is 362 g/mol. The van der Waals surface area contributed by atoms with Crippen molar-refractivity contribution in [2.24, 2.45) is 5.41 Å². The van der Waals surface area contributed by atoms with E-state index in [2.05, 4.69) is 47.4 Å². The van der Waals surface area contributed by atoms with Crippen LogP contribution in [-0.4, -0.2) is 12.4 Å². The predicted octanol–water partition coefficient (Wildman–Crippen LogP) is 4.55. The van der Waals surface area contributed by atoms with Gasteiger partial charge >= 0.3 is 0 Å². The lowest BCUT2D eigenvalue weighted by Crippen LogP contribution is -2.32. The van der Waals surface area contributed by atoms with Crippen LogP contribution in [0.15, 0.2) is 24.3 Å². The van der Waals surface area contributed by atoms with E-state index in [1.54, 1.807) is 0 Å². The van der Waals surface area contributed by atoms with E-state index in [0.717, 1.165) is 18.1 Å². The first-order valence-electron chi connectivity index (χ1n) is 6.23. The quantitative estimate of drug-likeness (QED) is 0.611. The molecule has 0 aliphatic heterocycles. The largest absolute Gasteiger partial charge is 0.493 e. The third kappa shape index (κ3) is 3.78. The standard InChI is InChI=1S/C14H19IOS/c15-12-5-4-6-13(9-12)16-10-14(11-17)7-2-1-3-8-14/h4-6,9,17H,1-3,7-8,10-11H2. The first kappa shape index (κ1) is 13.5. The molecule has 1 saturated carbocycles. The second-order valence-electron chi connectivity index (χ2n) is 4.96. The Balaban J connectivity index is 1.95. The zero-order valence-corrected chi connectivity index (χ0v) is 13.0. The van der Waals surface area contributed by atoms with Crippen molar-refractivity contribution in [1.29, 1.82) is 0 Å². The Morgan fingerprint density at radius 3 is 2.65 bits per heavy atom. The lowest BCUT2D eigenvalue weighted by atomic mass is 9.76. The van der Waals surface area contributed by atoms with E-state index >= 15 is 0 Å². The van der Waals surface area contributed by atoms with E-state index in [0.29, 0.717) is 5.41 Å². The molecule has 1 aromatic rings. The second kappa shape index (κ2) is 6.32. The van der Waals surface area contributed by atoms with Gasteiger partial charge in [-0.25, -0.2) is 0 Å².